The largest absolute Gasteiger partial charge is 0.454 e. The molecule has 2 aromatic carbocycles. The number of nitrogens with one attached hydrogen (secondary N) is 1. The van der Waals surface area contributed by atoms with Gasteiger partial charge in [0.2, 0.25) is 22.7 Å². The molecule has 0 spiro atoms. The van der Waals surface area contributed by atoms with E-state index in [0.29, 0.717) is 44.1 Å². The van der Waals surface area contributed by atoms with Crippen molar-refractivity contribution in [3.05, 3.63) is 53.8 Å². The summed E-state index contributed by atoms with van der Waals surface area (Å²) in [5.41, 5.74) is 0.907. The van der Waals surface area contributed by atoms with Crippen LogP contribution in [-0.2, 0) is 21.4 Å². The number of hydrogen-bond donors (Lipinski definition) is 1. The Balaban J connectivity index is 1.28. The monoisotopic (exact) mass is 449 g/mol. The van der Waals surface area contributed by atoms with Crippen LogP contribution in [0.3, 0.4) is 0 Å². The van der Waals surface area contributed by atoms with E-state index < -0.39 is 15.8 Å². The first-order valence-corrected chi connectivity index (χ1v) is 11.5. The first-order chi connectivity index (χ1) is 14.9. The van der Waals surface area contributed by atoms with Crippen LogP contribution < -0.4 is 14.8 Å². The third-order valence-corrected chi connectivity index (χ3v) is 7.21. The molecule has 166 valence electrons. The van der Waals surface area contributed by atoms with Gasteiger partial charge < -0.3 is 14.8 Å². The van der Waals surface area contributed by atoms with Crippen molar-refractivity contribution in [3.8, 4) is 11.5 Å². The number of amides is 1. The highest BCUT2D eigenvalue weighted by Crippen LogP contribution is 2.32. The van der Waals surface area contributed by atoms with E-state index in [2.05, 4.69) is 5.32 Å². The molecule has 2 aliphatic heterocycles. The van der Waals surface area contributed by atoms with Crippen molar-refractivity contribution in [2.45, 2.75) is 17.9 Å². The molecule has 0 aromatic heterocycles. The first-order valence-electron chi connectivity index (χ1n) is 10.0. The summed E-state index contributed by atoms with van der Waals surface area (Å²) in [7, 11) is -3.69. The molecule has 4 rings (SSSR count). The molecular weight excluding hydrogens is 425 g/mol. The fourth-order valence-electron chi connectivity index (χ4n) is 3.61. The third-order valence-electron chi connectivity index (χ3n) is 5.29. The lowest BCUT2D eigenvalue weighted by atomic mass is 10.2. The SMILES string of the molecule is O=C(CN1CCCN(S(=O)(=O)c2ccc(F)cc2)CC1)NCc1ccc2c(c1)OCO2. The summed E-state index contributed by atoms with van der Waals surface area (Å²) in [5, 5.41) is 2.89. The predicted octanol–water partition coefficient (Wildman–Crippen LogP) is 1.57. The minimum absolute atomic E-state index is 0.0730. The molecule has 2 aromatic rings. The van der Waals surface area contributed by atoms with Crippen LogP contribution in [0.1, 0.15) is 12.0 Å². The maximum absolute atomic E-state index is 13.1. The first kappa shape index (κ1) is 21.5. The second kappa shape index (κ2) is 9.21. The number of carbonyl (C=O) groups excluding carboxylic acids is 1. The van der Waals surface area contributed by atoms with Crippen LogP contribution in [0.4, 0.5) is 4.39 Å². The van der Waals surface area contributed by atoms with E-state index >= 15 is 0 Å². The van der Waals surface area contributed by atoms with Gasteiger partial charge in [0, 0.05) is 26.2 Å². The van der Waals surface area contributed by atoms with Crippen LogP contribution in [0.5, 0.6) is 11.5 Å². The van der Waals surface area contributed by atoms with Gasteiger partial charge in [-0.1, -0.05) is 6.07 Å². The van der Waals surface area contributed by atoms with Crippen LogP contribution in [-0.4, -0.2) is 63.0 Å². The Hall–Kier alpha value is -2.69. The maximum Gasteiger partial charge on any atom is 0.243 e. The van der Waals surface area contributed by atoms with E-state index in [-0.39, 0.29) is 30.7 Å². The van der Waals surface area contributed by atoms with Crippen molar-refractivity contribution in [2.24, 2.45) is 0 Å². The highest BCUT2D eigenvalue weighted by molar-refractivity contribution is 7.89. The number of carbonyl (C=O) groups is 1. The second-order valence-electron chi connectivity index (χ2n) is 7.45. The minimum atomic E-state index is -3.69. The van der Waals surface area contributed by atoms with Gasteiger partial charge in [0.1, 0.15) is 5.82 Å². The van der Waals surface area contributed by atoms with Crippen LogP contribution in [0.25, 0.3) is 0 Å². The second-order valence-corrected chi connectivity index (χ2v) is 9.39. The van der Waals surface area contributed by atoms with Gasteiger partial charge in [-0.05, 0) is 54.9 Å². The lowest BCUT2D eigenvalue weighted by Crippen LogP contribution is -2.39. The Morgan fingerprint density at radius 1 is 1.00 bits per heavy atom. The van der Waals surface area contributed by atoms with Gasteiger partial charge in [-0.3, -0.25) is 9.69 Å². The van der Waals surface area contributed by atoms with Gasteiger partial charge in [0.25, 0.3) is 0 Å². The molecule has 31 heavy (non-hydrogen) atoms. The molecule has 0 radical (unpaired) electrons. The van der Waals surface area contributed by atoms with Crippen molar-refractivity contribution in [3.63, 3.8) is 0 Å². The number of rotatable bonds is 6. The molecule has 0 unspecified atom stereocenters. The zero-order chi connectivity index (χ0) is 21.8. The third kappa shape index (κ3) is 5.15. The normalized spacial score (nSPS) is 17.3. The van der Waals surface area contributed by atoms with Gasteiger partial charge in [0.15, 0.2) is 11.5 Å². The summed E-state index contributed by atoms with van der Waals surface area (Å²) < 4.78 is 50.7. The van der Waals surface area contributed by atoms with E-state index in [1.54, 1.807) is 0 Å². The Morgan fingerprint density at radius 3 is 2.58 bits per heavy atom. The number of nitrogens with zero attached hydrogens (tertiary/aromatic N) is 2. The number of sulfonamides is 1. The molecule has 2 heterocycles. The minimum Gasteiger partial charge on any atom is -0.454 e. The highest BCUT2D eigenvalue weighted by Gasteiger charge is 2.27. The van der Waals surface area contributed by atoms with Gasteiger partial charge in [-0.25, -0.2) is 12.8 Å². The smallest absolute Gasteiger partial charge is 0.243 e. The van der Waals surface area contributed by atoms with E-state index in [1.807, 2.05) is 23.1 Å². The molecule has 0 atom stereocenters. The van der Waals surface area contributed by atoms with Gasteiger partial charge in [-0.15, -0.1) is 0 Å². The highest BCUT2D eigenvalue weighted by atomic mass is 32.2. The zero-order valence-corrected chi connectivity index (χ0v) is 17.7. The molecular formula is C21H24FN3O5S. The van der Waals surface area contributed by atoms with Gasteiger partial charge >= 0.3 is 0 Å². The standard InChI is InChI=1S/C21H24FN3O5S/c22-17-3-5-18(6-4-17)31(27,28)25-9-1-8-24(10-11-25)14-21(26)23-13-16-2-7-19-20(12-16)30-15-29-19/h2-7,12H,1,8-11,13-15H2,(H,23,26). The average molecular weight is 450 g/mol. The van der Waals surface area contributed by atoms with Crippen LogP contribution in [0.15, 0.2) is 47.4 Å². The number of halogens is 1. The Kier molecular flexibility index (Phi) is 6.40. The fourth-order valence-corrected chi connectivity index (χ4v) is 5.08. The van der Waals surface area contributed by atoms with Crippen LogP contribution >= 0.6 is 0 Å². The quantitative estimate of drug-likeness (QED) is 0.720. The Bertz CT molecular complexity index is 1050. The summed E-state index contributed by atoms with van der Waals surface area (Å²) in [6.45, 7) is 2.45. The fraction of sp³-hybridized carbons (Fsp3) is 0.381. The number of ether oxygens (including phenoxy) is 2. The Morgan fingerprint density at radius 2 is 1.77 bits per heavy atom. The summed E-state index contributed by atoms with van der Waals surface area (Å²) in [6, 6.07) is 10.4. The summed E-state index contributed by atoms with van der Waals surface area (Å²) in [4.78, 5) is 14.4. The van der Waals surface area contributed by atoms with E-state index in [1.165, 1.54) is 16.4 Å². The molecule has 10 heteroatoms. The molecule has 0 saturated carbocycles. The molecule has 8 nitrogen and oxygen atoms in total. The van der Waals surface area contributed by atoms with Crippen LogP contribution in [0.2, 0.25) is 0 Å². The molecule has 1 fully saturated rings. The molecule has 1 saturated heterocycles. The van der Waals surface area contributed by atoms with Crippen molar-refractivity contribution in [1.29, 1.82) is 0 Å². The summed E-state index contributed by atoms with van der Waals surface area (Å²) in [6.07, 6.45) is 0.607. The van der Waals surface area contributed by atoms with E-state index in [4.69, 9.17) is 9.47 Å². The number of benzene rings is 2. The topological polar surface area (TPSA) is 88.2 Å². The van der Waals surface area contributed by atoms with Crippen molar-refractivity contribution in [2.75, 3.05) is 39.5 Å². The van der Waals surface area contributed by atoms with Crippen molar-refractivity contribution in [1.82, 2.24) is 14.5 Å². The number of hydrogen-bond acceptors (Lipinski definition) is 6. The summed E-state index contributed by atoms with van der Waals surface area (Å²) in [5.74, 6) is 0.752. The van der Waals surface area contributed by atoms with E-state index in [0.717, 1.165) is 17.7 Å². The van der Waals surface area contributed by atoms with Gasteiger partial charge in [0.05, 0.1) is 11.4 Å². The van der Waals surface area contributed by atoms with Crippen LogP contribution in [0, 0.1) is 5.82 Å². The van der Waals surface area contributed by atoms with Crippen molar-refractivity contribution >= 4 is 15.9 Å². The lowest BCUT2D eigenvalue weighted by Gasteiger charge is -2.21. The van der Waals surface area contributed by atoms with E-state index in [9.17, 15) is 17.6 Å². The maximum atomic E-state index is 13.1. The molecule has 0 aliphatic carbocycles. The molecule has 2 aliphatic rings. The average Bonchev–Trinajstić information content (AvgIpc) is 3.09. The predicted molar refractivity (Wildman–Crippen MR) is 111 cm³/mol. The summed E-state index contributed by atoms with van der Waals surface area (Å²) >= 11 is 0. The zero-order valence-electron chi connectivity index (χ0n) is 16.9. The molecule has 0 bridgehead atoms. The molecule has 1 amide bonds. The number of fused-ring (bicyclic) bond motifs is 1. The Labute approximate surface area is 180 Å². The molecule has 1 N–H and O–H groups in total. The van der Waals surface area contributed by atoms with Crippen molar-refractivity contribution < 1.29 is 27.1 Å². The lowest BCUT2D eigenvalue weighted by molar-refractivity contribution is -0.122. The van der Waals surface area contributed by atoms with Gasteiger partial charge in [-0.2, -0.15) is 4.31 Å².